The molecule has 0 fully saturated rings. The highest BCUT2D eigenvalue weighted by Gasteiger charge is 2.09. The first-order chi connectivity index (χ1) is 12.0. The Labute approximate surface area is 148 Å². The van der Waals surface area contributed by atoms with Crippen molar-refractivity contribution in [3.05, 3.63) is 53.1 Å². The minimum atomic E-state index is -0.931. The van der Waals surface area contributed by atoms with Crippen molar-refractivity contribution in [3.63, 3.8) is 0 Å². The Kier molecular flexibility index (Phi) is 6.69. The molecule has 0 aliphatic heterocycles. The zero-order chi connectivity index (χ0) is 18.2. The van der Waals surface area contributed by atoms with Crippen LogP contribution in [-0.2, 0) is 6.54 Å². The van der Waals surface area contributed by atoms with Crippen LogP contribution in [0.4, 0.5) is 5.69 Å². The monoisotopic (exact) mass is 343 g/mol. The van der Waals surface area contributed by atoms with Crippen molar-refractivity contribution in [1.29, 1.82) is 0 Å². The number of carboxylic acid groups (broad SMARTS) is 1. The van der Waals surface area contributed by atoms with Crippen molar-refractivity contribution < 1.29 is 19.4 Å². The standard InChI is InChI=1S/C20H25NO4/c1-4-10-25-18-9-7-15(11-19(18)24-5-2)13-21-17-12-16(20(22)23)8-6-14(17)3/h6-9,11-12,21H,4-5,10,13H2,1-3H3,(H,22,23). The first-order valence-electron chi connectivity index (χ1n) is 8.51. The molecule has 0 bridgehead atoms. The molecule has 2 N–H and O–H groups in total. The van der Waals surface area contributed by atoms with Crippen LogP contribution in [0.2, 0.25) is 0 Å². The van der Waals surface area contributed by atoms with Gasteiger partial charge in [0, 0.05) is 12.2 Å². The normalized spacial score (nSPS) is 10.4. The Morgan fingerprint density at radius 3 is 2.56 bits per heavy atom. The van der Waals surface area contributed by atoms with Crippen LogP contribution in [0.1, 0.15) is 41.8 Å². The van der Waals surface area contributed by atoms with Crippen molar-refractivity contribution in [2.75, 3.05) is 18.5 Å². The maximum Gasteiger partial charge on any atom is 0.335 e. The lowest BCUT2D eigenvalue weighted by Gasteiger charge is -2.14. The van der Waals surface area contributed by atoms with E-state index in [0.717, 1.165) is 34.7 Å². The number of nitrogens with one attached hydrogen (secondary N) is 1. The lowest BCUT2D eigenvalue weighted by Crippen LogP contribution is -2.05. The molecule has 5 nitrogen and oxygen atoms in total. The van der Waals surface area contributed by atoms with Gasteiger partial charge in [0.05, 0.1) is 18.8 Å². The van der Waals surface area contributed by atoms with Gasteiger partial charge >= 0.3 is 5.97 Å². The van der Waals surface area contributed by atoms with Crippen molar-refractivity contribution in [2.45, 2.75) is 33.7 Å². The third-order valence-electron chi connectivity index (χ3n) is 3.74. The molecule has 25 heavy (non-hydrogen) atoms. The van der Waals surface area contributed by atoms with E-state index in [-0.39, 0.29) is 5.56 Å². The first-order valence-corrected chi connectivity index (χ1v) is 8.51. The highest BCUT2D eigenvalue weighted by atomic mass is 16.5. The first kappa shape index (κ1) is 18.6. The summed E-state index contributed by atoms with van der Waals surface area (Å²) in [6, 6.07) is 10.9. The summed E-state index contributed by atoms with van der Waals surface area (Å²) < 4.78 is 11.4. The zero-order valence-electron chi connectivity index (χ0n) is 15.0. The molecule has 5 heteroatoms. The molecular formula is C20H25NO4. The van der Waals surface area contributed by atoms with E-state index in [9.17, 15) is 4.79 Å². The number of ether oxygens (including phenoxy) is 2. The van der Waals surface area contributed by atoms with E-state index in [1.807, 2.05) is 32.0 Å². The number of carbonyl (C=O) groups is 1. The molecule has 2 aromatic rings. The van der Waals surface area contributed by atoms with Crippen LogP contribution in [0.25, 0.3) is 0 Å². The maximum absolute atomic E-state index is 11.1. The van der Waals surface area contributed by atoms with Crippen LogP contribution >= 0.6 is 0 Å². The number of aromatic carboxylic acids is 1. The molecule has 0 radical (unpaired) electrons. The van der Waals surface area contributed by atoms with Crippen molar-refractivity contribution >= 4 is 11.7 Å². The van der Waals surface area contributed by atoms with Gasteiger partial charge in [-0.25, -0.2) is 4.79 Å². The van der Waals surface area contributed by atoms with Crippen LogP contribution in [0.15, 0.2) is 36.4 Å². The quantitative estimate of drug-likeness (QED) is 0.702. The summed E-state index contributed by atoms with van der Waals surface area (Å²) in [6.07, 6.45) is 0.939. The zero-order valence-corrected chi connectivity index (χ0v) is 15.0. The number of rotatable bonds is 9. The SMILES string of the molecule is CCCOc1ccc(CNc2cc(C(=O)O)ccc2C)cc1OCC. The minimum Gasteiger partial charge on any atom is -0.490 e. The number of benzene rings is 2. The molecule has 2 rings (SSSR count). The third kappa shape index (κ3) is 5.14. The largest absolute Gasteiger partial charge is 0.490 e. The van der Waals surface area contributed by atoms with Crippen molar-refractivity contribution in [1.82, 2.24) is 0 Å². The Morgan fingerprint density at radius 1 is 1.08 bits per heavy atom. The number of anilines is 1. The Balaban J connectivity index is 2.13. The predicted octanol–water partition coefficient (Wildman–Crippen LogP) is 4.49. The average Bonchev–Trinajstić information content (AvgIpc) is 2.60. The van der Waals surface area contributed by atoms with Gasteiger partial charge in [0.15, 0.2) is 11.5 Å². The number of carboxylic acids is 1. The van der Waals surface area contributed by atoms with Gasteiger partial charge in [0.1, 0.15) is 0 Å². The van der Waals surface area contributed by atoms with Crippen LogP contribution in [0.5, 0.6) is 11.5 Å². The maximum atomic E-state index is 11.1. The Bertz CT molecular complexity index is 728. The van der Waals surface area contributed by atoms with Gasteiger partial charge in [-0.05, 0) is 55.7 Å². The Hall–Kier alpha value is -2.69. The van der Waals surface area contributed by atoms with Crippen LogP contribution in [0, 0.1) is 6.92 Å². The summed E-state index contributed by atoms with van der Waals surface area (Å²) >= 11 is 0. The molecule has 0 unspecified atom stereocenters. The van der Waals surface area contributed by atoms with Crippen molar-refractivity contribution in [3.8, 4) is 11.5 Å². The highest BCUT2D eigenvalue weighted by molar-refractivity contribution is 5.89. The number of aryl methyl sites for hydroxylation is 1. The second-order valence-corrected chi connectivity index (χ2v) is 5.75. The fourth-order valence-corrected chi connectivity index (χ4v) is 2.40. The molecule has 0 aliphatic carbocycles. The van der Waals surface area contributed by atoms with E-state index in [1.165, 1.54) is 0 Å². The van der Waals surface area contributed by atoms with Gasteiger partial charge in [-0.15, -0.1) is 0 Å². The van der Waals surface area contributed by atoms with E-state index in [0.29, 0.717) is 19.8 Å². The van der Waals surface area contributed by atoms with Crippen molar-refractivity contribution in [2.24, 2.45) is 0 Å². The number of hydrogen-bond donors (Lipinski definition) is 2. The van der Waals surface area contributed by atoms with Crippen LogP contribution in [-0.4, -0.2) is 24.3 Å². The summed E-state index contributed by atoms with van der Waals surface area (Å²) in [5.74, 6) is 0.543. The highest BCUT2D eigenvalue weighted by Crippen LogP contribution is 2.29. The predicted molar refractivity (Wildman–Crippen MR) is 98.9 cm³/mol. The molecule has 2 aromatic carbocycles. The van der Waals surface area contributed by atoms with Gasteiger partial charge in [-0.1, -0.05) is 19.1 Å². The van der Waals surface area contributed by atoms with E-state index in [4.69, 9.17) is 14.6 Å². The van der Waals surface area contributed by atoms with Gasteiger partial charge in [-0.3, -0.25) is 0 Å². The average molecular weight is 343 g/mol. The summed E-state index contributed by atoms with van der Waals surface area (Å²) in [5.41, 5.74) is 3.11. The molecule has 134 valence electrons. The summed E-state index contributed by atoms with van der Waals surface area (Å²) in [4.78, 5) is 11.1. The molecule has 0 atom stereocenters. The molecule has 0 heterocycles. The van der Waals surface area contributed by atoms with Crippen LogP contribution < -0.4 is 14.8 Å². The van der Waals surface area contributed by atoms with E-state index in [2.05, 4.69) is 12.2 Å². The fourth-order valence-electron chi connectivity index (χ4n) is 2.40. The molecule has 0 saturated heterocycles. The molecule has 0 aliphatic rings. The molecular weight excluding hydrogens is 318 g/mol. The van der Waals surface area contributed by atoms with Crippen LogP contribution in [0.3, 0.4) is 0 Å². The van der Waals surface area contributed by atoms with E-state index in [1.54, 1.807) is 18.2 Å². The lowest BCUT2D eigenvalue weighted by atomic mass is 10.1. The Morgan fingerprint density at radius 2 is 1.88 bits per heavy atom. The number of hydrogen-bond acceptors (Lipinski definition) is 4. The second-order valence-electron chi connectivity index (χ2n) is 5.75. The second kappa shape index (κ2) is 8.97. The molecule has 0 spiro atoms. The molecule has 0 aromatic heterocycles. The van der Waals surface area contributed by atoms with E-state index < -0.39 is 5.97 Å². The van der Waals surface area contributed by atoms with Gasteiger partial charge < -0.3 is 19.9 Å². The summed E-state index contributed by atoms with van der Waals surface area (Å²) in [5, 5.41) is 12.4. The smallest absolute Gasteiger partial charge is 0.335 e. The summed E-state index contributed by atoms with van der Waals surface area (Å²) in [7, 11) is 0. The summed E-state index contributed by atoms with van der Waals surface area (Å²) in [6.45, 7) is 7.73. The molecule has 0 amide bonds. The third-order valence-corrected chi connectivity index (χ3v) is 3.74. The minimum absolute atomic E-state index is 0.270. The molecule has 0 saturated carbocycles. The lowest BCUT2D eigenvalue weighted by molar-refractivity contribution is 0.0697. The van der Waals surface area contributed by atoms with Gasteiger partial charge in [0.2, 0.25) is 0 Å². The topological polar surface area (TPSA) is 67.8 Å². The van der Waals surface area contributed by atoms with Gasteiger partial charge in [0.25, 0.3) is 0 Å². The van der Waals surface area contributed by atoms with Gasteiger partial charge in [-0.2, -0.15) is 0 Å². The van der Waals surface area contributed by atoms with E-state index >= 15 is 0 Å². The fraction of sp³-hybridized carbons (Fsp3) is 0.350.